The number of hydrogen-bond acceptors (Lipinski definition) is 6. The minimum absolute atomic E-state index is 0.114. The number of esters is 2. The van der Waals surface area contributed by atoms with Gasteiger partial charge in [0.1, 0.15) is 17.6 Å². The van der Waals surface area contributed by atoms with E-state index in [1.165, 1.54) is 13.8 Å². The predicted molar refractivity (Wildman–Crippen MR) is 87.9 cm³/mol. The summed E-state index contributed by atoms with van der Waals surface area (Å²) in [7, 11) is 0. The van der Waals surface area contributed by atoms with Crippen LogP contribution in [0.1, 0.15) is 66.2 Å². The maximum absolute atomic E-state index is 12.0. The molecule has 0 saturated heterocycles. The quantitative estimate of drug-likeness (QED) is 0.508. The van der Waals surface area contributed by atoms with E-state index in [1.54, 1.807) is 13.8 Å². The van der Waals surface area contributed by atoms with Gasteiger partial charge in [0.2, 0.25) is 0 Å². The fraction of sp³-hybridized carbons (Fsp3) is 0.765. The first-order chi connectivity index (χ1) is 11.6. The average Bonchev–Trinajstić information content (AvgIpc) is 2.47. The predicted octanol–water partition coefficient (Wildman–Crippen LogP) is 2.39. The standard InChI is InChI=1S/C17H28O8/c1-5-7-14(20)24-11(3)17(16(22)23,10-9-13(18)19)12(4)25-15(21)8-6-2/h11-12H,5-10H2,1-4H3,(H,18,19)(H,22,23). The van der Waals surface area contributed by atoms with E-state index < -0.39 is 47.9 Å². The topological polar surface area (TPSA) is 127 Å². The third kappa shape index (κ3) is 6.72. The molecule has 0 spiro atoms. The molecule has 0 radical (unpaired) electrons. The Hall–Kier alpha value is -2.12. The van der Waals surface area contributed by atoms with Gasteiger partial charge in [-0.25, -0.2) is 0 Å². The molecular formula is C17H28O8. The third-order valence-electron chi connectivity index (χ3n) is 4.13. The van der Waals surface area contributed by atoms with E-state index in [2.05, 4.69) is 0 Å². The first-order valence-corrected chi connectivity index (χ1v) is 8.45. The van der Waals surface area contributed by atoms with Crippen LogP contribution in [0, 0.1) is 5.41 Å². The van der Waals surface area contributed by atoms with Gasteiger partial charge in [-0.15, -0.1) is 0 Å². The highest BCUT2D eigenvalue weighted by molar-refractivity contribution is 5.79. The second-order valence-electron chi connectivity index (χ2n) is 6.00. The first kappa shape index (κ1) is 22.9. The van der Waals surface area contributed by atoms with Gasteiger partial charge in [0, 0.05) is 19.3 Å². The molecule has 0 aromatic carbocycles. The van der Waals surface area contributed by atoms with Crippen molar-refractivity contribution in [3.8, 4) is 0 Å². The number of aliphatic carboxylic acids is 2. The van der Waals surface area contributed by atoms with Crippen LogP contribution in [0.3, 0.4) is 0 Å². The fourth-order valence-electron chi connectivity index (χ4n) is 2.64. The van der Waals surface area contributed by atoms with Crippen LogP contribution in [0.5, 0.6) is 0 Å². The van der Waals surface area contributed by atoms with Crippen LogP contribution in [0.15, 0.2) is 0 Å². The summed E-state index contributed by atoms with van der Waals surface area (Å²) in [5.74, 6) is -3.72. The van der Waals surface area contributed by atoms with Gasteiger partial charge in [-0.1, -0.05) is 13.8 Å². The van der Waals surface area contributed by atoms with E-state index >= 15 is 0 Å². The molecule has 0 heterocycles. The molecular weight excluding hydrogens is 332 g/mol. The highest BCUT2D eigenvalue weighted by Crippen LogP contribution is 2.37. The van der Waals surface area contributed by atoms with E-state index in [-0.39, 0.29) is 19.3 Å². The van der Waals surface area contributed by atoms with Crippen LogP contribution in [-0.2, 0) is 28.7 Å². The highest BCUT2D eigenvalue weighted by atomic mass is 16.6. The summed E-state index contributed by atoms with van der Waals surface area (Å²) in [4.78, 5) is 46.5. The van der Waals surface area contributed by atoms with Crippen molar-refractivity contribution in [1.29, 1.82) is 0 Å². The Balaban J connectivity index is 5.62. The van der Waals surface area contributed by atoms with Crippen LogP contribution in [0.2, 0.25) is 0 Å². The van der Waals surface area contributed by atoms with Gasteiger partial charge in [0.05, 0.1) is 0 Å². The van der Waals surface area contributed by atoms with Crippen LogP contribution in [-0.4, -0.2) is 46.3 Å². The Morgan fingerprint density at radius 2 is 1.24 bits per heavy atom. The Morgan fingerprint density at radius 1 is 0.840 bits per heavy atom. The molecule has 0 aromatic rings. The summed E-state index contributed by atoms with van der Waals surface area (Å²) in [6.45, 7) is 6.31. The summed E-state index contributed by atoms with van der Waals surface area (Å²) in [5, 5.41) is 18.7. The Kier molecular flexibility index (Phi) is 9.78. The zero-order chi connectivity index (χ0) is 19.6. The summed E-state index contributed by atoms with van der Waals surface area (Å²) in [6, 6.07) is 0. The average molecular weight is 360 g/mol. The molecule has 0 fully saturated rings. The summed E-state index contributed by atoms with van der Waals surface area (Å²) < 4.78 is 10.4. The van der Waals surface area contributed by atoms with Crippen LogP contribution in [0.4, 0.5) is 0 Å². The smallest absolute Gasteiger partial charge is 0.317 e. The van der Waals surface area contributed by atoms with Crippen molar-refractivity contribution in [2.24, 2.45) is 5.41 Å². The van der Waals surface area contributed by atoms with Crippen LogP contribution >= 0.6 is 0 Å². The Labute approximate surface area is 147 Å². The van der Waals surface area contributed by atoms with E-state index in [0.717, 1.165) is 0 Å². The largest absolute Gasteiger partial charge is 0.481 e. The lowest BCUT2D eigenvalue weighted by atomic mass is 9.74. The molecule has 0 bridgehead atoms. The van der Waals surface area contributed by atoms with Crippen LogP contribution in [0.25, 0.3) is 0 Å². The number of carboxylic acids is 2. The van der Waals surface area contributed by atoms with E-state index in [1.807, 2.05) is 0 Å². The number of hydrogen-bond donors (Lipinski definition) is 2. The number of rotatable bonds is 12. The minimum atomic E-state index is -1.84. The van der Waals surface area contributed by atoms with E-state index in [9.17, 15) is 24.3 Å². The molecule has 0 saturated carbocycles. The highest BCUT2D eigenvalue weighted by Gasteiger charge is 2.52. The van der Waals surface area contributed by atoms with Gasteiger partial charge in [-0.3, -0.25) is 19.2 Å². The second-order valence-corrected chi connectivity index (χ2v) is 6.00. The molecule has 8 heteroatoms. The summed E-state index contributed by atoms with van der Waals surface area (Å²) in [6.07, 6.45) is -1.83. The maximum Gasteiger partial charge on any atom is 0.317 e. The lowest BCUT2D eigenvalue weighted by molar-refractivity contribution is -0.187. The van der Waals surface area contributed by atoms with Crippen molar-refractivity contribution in [2.45, 2.75) is 78.4 Å². The number of carbonyl (C=O) groups excluding carboxylic acids is 2. The van der Waals surface area contributed by atoms with Crippen molar-refractivity contribution in [3.05, 3.63) is 0 Å². The Bertz CT molecular complexity index is 459. The van der Waals surface area contributed by atoms with Gasteiger partial charge in [-0.05, 0) is 33.1 Å². The lowest BCUT2D eigenvalue weighted by Gasteiger charge is -2.38. The van der Waals surface area contributed by atoms with Crippen LogP contribution < -0.4 is 0 Å². The minimum Gasteiger partial charge on any atom is -0.481 e. The van der Waals surface area contributed by atoms with Crippen molar-refractivity contribution in [2.75, 3.05) is 0 Å². The molecule has 2 N–H and O–H groups in total. The summed E-state index contributed by atoms with van der Waals surface area (Å²) >= 11 is 0. The number of carboxylic acid groups (broad SMARTS) is 2. The van der Waals surface area contributed by atoms with Gasteiger partial charge >= 0.3 is 23.9 Å². The molecule has 0 rings (SSSR count). The molecule has 0 aliphatic heterocycles. The lowest BCUT2D eigenvalue weighted by Crippen LogP contribution is -2.52. The molecule has 0 aromatic heterocycles. The first-order valence-electron chi connectivity index (χ1n) is 8.45. The SMILES string of the molecule is CCCC(=O)OC(C)C(CCC(=O)O)(C(=O)O)C(C)OC(=O)CCC. The molecule has 2 unspecified atom stereocenters. The Morgan fingerprint density at radius 3 is 1.52 bits per heavy atom. The molecule has 0 aliphatic rings. The van der Waals surface area contributed by atoms with E-state index in [4.69, 9.17) is 14.6 Å². The monoisotopic (exact) mass is 360 g/mol. The molecule has 0 aliphatic carbocycles. The number of carbonyl (C=O) groups is 4. The zero-order valence-corrected chi connectivity index (χ0v) is 15.2. The fourth-order valence-corrected chi connectivity index (χ4v) is 2.64. The third-order valence-corrected chi connectivity index (χ3v) is 4.13. The second kappa shape index (κ2) is 10.7. The molecule has 0 amide bonds. The van der Waals surface area contributed by atoms with Gasteiger partial charge < -0.3 is 19.7 Å². The van der Waals surface area contributed by atoms with Crippen molar-refractivity contribution >= 4 is 23.9 Å². The molecule has 25 heavy (non-hydrogen) atoms. The van der Waals surface area contributed by atoms with Gasteiger partial charge in [0.25, 0.3) is 0 Å². The maximum atomic E-state index is 12.0. The van der Waals surface area contributed by atoms with Gasteiger partial charge in [0.15, 0.2) is 0 Å². The zero-order valence-electron chi connectivity index (χ0n) is 15.2. The van der Waals surface area contributed by atoms with Crippen molar-refractivity contribution in [1.82, 2.24) is 0 Å². The normalized spacial score (nSPS) is 15.5. The van der Waals surface area contributed by atoms with Gasteiger partial charge in [-0.2, -0.15) is 0 Å². The van der Waals surface area contributed by atoms with Crippen molar-refractivity contribution in [3.63, 3.8) is 0 Å². The van der Waals surface area contributed by atoms with Crippen molar-refractivity contribution < 1.29 is 38.9 Å². The molecule has 2 atom stereocenters. The molecule has 144 valence electrons. The van der Waals surface area contributed by atoms with E-state index in [0.29, 0.717) is 12.8 Å². The molecule has 8 nitrogen and oxygen atoms in total. The number of ether oxygens (including phenoxy) is 2. The summed E-state index contributed by atoms with van der Waals surface area (Å²) in [5.41, 5.74) is -1.84.